The van der Waals surface area contributed by atoms with Gasteiger partial charge in [-0.3, -0.25) is 0 Å². The van der Waals surface area contributed by atoms with Gasteiger partial charge in [0, 0.05) is 12.0 Å². The number of sulfone groups is 1. The molecule has 0 aliphatic rings. The van der Waals surface area contributed by atoms with Crippen LogP contribution in [0.25, 0.3) is 0 Å². The van der Waals surface area contributed by atoms with Crippen LogP contribution in [0.2, 0.25) is 0 Å². The van der Waals surface area contributed by atoms with Crippen LogP contribution in [0.5, 0.6) is 0 Å². The molecule has 47 heavy (non-hydrogen) atoms. The summed E-state index contributed by atoms with van der Waals surface area (Å²) in [4.78, 5) is 0.204. The topological polar surface area (TPSA) is 57.9 Å². The Balaban J connectivity index is 0.00000294. The Bertz CT molecular complexity index is 1910. The van der Waals surface area contributed by atoms with E-state index in [4.69, 9.17) is 5.26 Å². The van der Waals surface area contributed by atoms with Gasteiger partial charge in [0.05, 0.1) is 32.9 Å². The third-order valence-corrected chi connectivity index (χ3v) is 9.72. The summed E-state index contributed by atoms with van der Waals surface area (Å²) in [5.41, 5.74) is 1.42. The van der Waals surface area contributed by atoms with Gasteiger partial charge in [-0.1, -0.05) is 92.1 Å². The average molecular weight is 654 g/mol. The quantitative estimate of drug-likeness (QED) is 0.195. The molecule has 1 atom stereocenters. The zero-order valence-electron chi connectivity index (χ0n) is 27.4. The second-order valence-corrected chi connectivity index (χ2v) is 13.9. The van der Waals surface area contributed by atoms with Crippen molar-refractivity contribution >= 4 is 9.84 Å². The van der Waals surface area contributed by atoms with Gasteiger partial charge in [0.25, 0.3) is 0 Å². The first-order valence-corrected chi connectivity index (χ1v) is 16.8. The van der Waals surface area contributed by atoms with Crippen LogP contribution in [0, 0.1) is 35.0 Å². The van der Waals surface area contributed by atoms with Crippen LogP contribution in [0.15, 0.2) is 108 Å². The molecule has 4 aromatic carbocycles. The standard InChI is InChI=1S/C38H32F3NO2S.C2H6/c1-36(2,25-26-37(3,4)32-21-23-33(24-22-32)38(39,40)41)31-19-15-28(16-20-31)9-8-12-35(30-17-13-29(27-42)14-18-30)45(43,44)34-10-6-5-7-11-34;1-2/h5-7,10-11,13-24,35H,12H2,1-4H3;1-2H3. The number of rotatable bonds is 6. The van der Waals surface area contributed by atoms with Crippen LogP contribution < -0.4 is 0 Å². The molecule has 242 valence electrons. The molecule has 0 N–H and O–H groups in total. The van der Waals surface area contributed by atoms with Crippen molar-refractivity contribution < 1.29 is 21.6 Å². The summed E-state index contributed by atoms with van der Waals surface area (Å²) in [5, 5.41) is 8.24. The molecule has 4 aromatic rings. The minimum atomic E-state index is -4.39. The molecule has 4 rings (SSSR count). The second kappa shape index (κ2) is 15.2. The fourth-order valence-corrected chi connectivity index (χ4v) is 6.39. The van der Waals surface area contributed by atoms with Gasteiger partial charge in [-0.05, 0) is 92.9 Å². The maximum atomic E-state index is 13.6. The Hall–Kier alpha value is -4.77. The molecular weight excluding hydrogens is 616 g/mol. The van der Waals surface area contributed by atoms with Gasteiger partial charge < -0.3 is 0 Å². The number of halogens is 3. The summed E-state index contributed by atoms with van der Waals surface area (Å²) >= 11 is 0. The Labute approximate surface area is 277 Å². The molecule has 0 aliphatic heterocycles. The summed E-state index contributed by atoms with van der Waals surface area (Å²) in [6.45, 7) is 11.7. The molecule has 0 bridgehead atoms. The van der Waals surface area contributed by atoms with Gasteiger partial charge >= 0.3 is 6.18 Å². The Kier molecular flexibility index (Phi) is 11.9. The fraction of sp³-hybridized carbons (Fsp3) is 0.275. The molecule has 0 spiro atoms. The molecule has 1 unspecified atom stereocenters. The minimum Gasteiger partial charge on any atom is -0.223 e. The Morgan fingerprint density at radius 2 is 1.11 bits per heavy atom. The van der Waals surface area contributed by atoms with E-state index in [9.17, 15) is 21.6 Å². The van der Waals surface area contributed by atoms with E-state index < -0.39 is 37.7 Å². The van der Waals surface area contributed by atoms with Crippen LogP contribution in [-0.2, 0) is 26.8 Å². The number of nitriles is 1. The molecule has 0 saturated heterocycles. The highest BCUT2D eigenvalue weighted by atomic mass is 32.2. The number of hydrogen-bond acceptors (Lipinski definition) is 3. The minimum absolute atomic E-state index is 0.0564. The van der Waals surface area contributed by atoms with Crippen LogP contribution in [0.3, 0.4) is 0 Å². The molecule has 0 amide bonds. The monoisotopic (exact) mass is 653 g/mol. The Morgan fingerprint density at radius 1 is 0.660 bits per heavy atom. The molecule has 0 aromatic heterocycles. The van der Waals surface area contributed by atoms with Crippen molar-refractivity contribution in [2.75, 3.05) is 0 Å². The van der Waals surface area contributed by atoms with Crippen LogP contribution in [0.1, 0.15) is 86.6 Å². The number of benzene rings is 4. The lowest BCUT2D eigenvalue weighted by Gasteiger charge is -2.22. The zero-order chi connectivity index (χ0) is 34.9. The predicted molar refractivity (Wildman–Crippen MR) is 182 cm³/mol. The highest BCUT2D eigenvalue weighted by Gasteiger charge is 2.31. The van der Waals surface area contributed by atoms with Crippen molar-refractivity contribution in [1.29, 1.82) is 5.26 Å². The van der Waals surface area contributed by atoms with Crippen molar-refractivity contribution in [3.05, 3.63) is 137 Å². The highest BCUT2D eigenvalue weighted by molar-refractivity contribution is 7.91. The third-order valence-electron chi connectivity index (χ3n) is 7.61. The number of nitrogens with zero attached hydrogens (tertiary/aromatic N) is 1. The van der Waals surface area contributed by atoms with Gasteiger partial charge in [0.15, 0.2) is 9.84 Å². The van der Waals surface area contributed by atoms with E-state index in [0.29, 0.717) is 22.3 Å². The molecule has 0 heterocycles. The molecule has 7 heteroatoms. The SMILES string of the molecule is CC.CC(C)(C#CC(C)(C)c1ccc(C(F)(F)F)cc1)c1ccc(C#CCC(c2ccc(C#N)cc2)S(=O)(=O)c2ccccc2)cc1. The van der Waals surface area contributed by atoms with Gasteiger partial charge in [0.1, 0.15) is 5.25 Å². The van der Waals surface area contributed by atoms with Crippen LogP contribution in [0.4, 0.5) is 13.2 Å². The van der Waals surface area contributed by atoms with E-state index in [1.807, 2.05) is 65.8 Å². The normalized spacial score (nSPS) is 12.2. The van der Waals surface area contributed by atoms with E-state index in [0.717, 1.165) is 17.7 Å². The van der Waals surface area contributed by atoms with E-state index in [1.54, 1.807) is 54.6 Å². The summed E-state index contributed by atoms with van der Waals surface area (Å²) in [6, 6.07) is 29.4. The lowest BCUT2D eigenvalue weighted by atomic mass is 9.80. The van der Waals surface area contributed by atoms with Crippen molar-refractivity contribution in [2.24, 2.45) is 0 Å². The summed E-state index contributed by atoms with van der Waals surface area (Å²) in [5.74, 6) is 12.7. The molecule has 0 aliphatic carbocycles. The van der Waals surface area contributed by atoms with Crippen molar-refractivity contribution in [1.82, 2.24) is 0 Å². The maximum absolute atomic E-state index is 13.6. The lowest BCUT2D eigenvalue weighted by molar-refractivity contribution is -0.137. The van der Waals surface area contributed by atoms with Gasteiger partial charge in [-0.15, -0.1) is 0 Å². The number of alkyl halides is 3. The van der Waals surface area contributed by atoms with Crippen molar-refractivity contribution in [3.63, 3.8) is 0 Å². The molecule has 3 nitrogen and oxygen atoms in total. The first kappa shape index (κ1) is 36.7. The van der Waals surface area contributed by atoms with Crippen molar-refractivity contribution in [3.8, 4) is 29.8 Å². The number of hydrogen-bond donors (Lipinski definition) is 0. The second-order valence-electron chi connectivity index (χ2n) is 11.7. The maximum Gasteiger partial charge on any atom is 0.416 e. The summed E-state index contributed by atoms with van der Waals surface area (Å²) in [6.07, 6.45) is -4.33. The summed E-state index contributed by atoms with van der Waals surface area (Å²) < 4.78 is 66.1. The largest absolute Gasteiger partial charge is 0.416 e. The zero-order valence-corrected chi connectivity index (χ0v) is 28.2. The highest BCUT2D eigenvalue weighted by Crippen LogP contribution is 2.33. The van der Waals surface area contributed by atoms with Crippen LogP contribution >= 0.6 is 0 Å². The van der Waals surface area contributed by atoms with E-state index in [2.05, 4.69) is 29.8 Å². The smallest absolute Gasteiger partial charge is 0.223 e. The first-order chi connectivity index (χ1) is 22.1. The summed E-state index contributed by atoms with van der Waals surface area (Å²) in [7, 11) is -3.75. The molecular formula is C40H38F3NO2S. The van der Waals surface area contributed by atoms with E-state index in [-0.39, 0.29) is 11.3 Å². The molecule has 0 fully saturated rings. The Morgan fingerprint density at radius 3 is 1.57 bits per heavy atom. The van der Waals surface area contributed by atoms with Gasteiger partial charge in [-0.2, -0.15) is 18.4 Å². The average Bonchev–Trinajstić information content (AvgIpc) is 3.07. The molecule has 0 radical (unpaired) electrons. The van der Waals surface area contributed by atoms with E-state index in [1.165, 1.54) is 12.1 Å². The van der Waals surface area contributed by atoms with E-state index >= 15 is 0 Å². The predicted octanol–water partition coefficient (Wildman–Crippen LogP) is 9.82. The fourth-order valence-electron chi connectivity index (χ4n) is 4.70. The third kappa shape index (κ3) is 9.38. The van der Waals surface area contributed by atoms with Crippen LogP contribution in [-0.4, -0.2) is 8.42 Å². The van der Waals surface area contributed by atoms with Crippen molar-refractivity contribution in [2.45, 2.75) is 75.1 Å². The van der Waals surface area contributed by atoms with Gasteiger partial charge in [0.2, 0.25) is 0 Å². The van der Waals surface area contributed by atoms with Gasteiger partial charge in [-0.25, -0.2) is 8.42 Å². The molecule has 0 saturated carbocycles. The first-order valence-electron chi connectivity index (χ1n) is 15.2. The lowest BCUT2D eigenvalue weighted by Crippen LogP contribution is -2.19.